The molecule has 0 aliphatic rings. The maximum atomic E-state index is 5.32. The Balaban J connectivity index is 2.36. The van der Waals surface area contributed by atoms with Gasteiger partial charge in [0, 0.05) is 12.0 Å². The second-order valence-electron chi connectivity index (χ2n) is 6.32. The molecule has 0 fully saturated rings. The van der Waals surface area contributed by atoms with Gasteiger partial charge in [-0.3, -0.25) is 9.67 Å². The molecular weight excluding hydrogens is 254 g/mol. The van der Waals surface area contributed by atoms with Crippen molar-refractivity contribution in [1.29, 1.82) is 0 Å². The van der Waals surface area contributed by atoms with E-state index in [0.29, 0.717) is 0 Å². The van der Waals surface area contributed by atoms with Crippen molar-refractivity contribution in [3.63, 3.8) is 0 Å². The minimum Gasteiger partial charge on any atom is -0.299 e. The van der Waals surface area contributed by atoms with E-state index in [1.165, 1.54) is 44.9 Å². The van der Waals surface area contributed by atoms with Crippen LogP contribution in [0.2, 0.25) is 0 Å². The van der Waals surface area contributed by atoms with Crippen molar-refractivity contribution in [2.24, 2.45) is 0 Å². The molecule has 1 aromatic rings. The Kier molecular flexibility index (Phi) is 6.76. The molecule has 0 radical (unpaired) electrons. The molecule has 110 valence electrons. The lowest BCUT2D eigenvalue weighted by molar-refractivity contribution is 0.375. The van der Waals surface area contributed by atoms with E-state index >= 15 is 0 Å². The Morgan fingerprint density at radius 3 is 2.21 bits per heavy atom. The zero-order chi connectivity index (χ0) is 14.3. The third-order valence-corrected chi connectivity index (χ3v) is 3.69. The predicted octanol–water partition coefficient (Wildman–Crippen LogP) is 4.99. The number of aromatic nitrogens is 3. The van der Waals surface area contributed by atoms with Gasteiger partial charge in [0.05, 0.1) is 0 Å². The SMILES string of the molecule is CCCCCCCCCc1n[nH]c(=S)n1C(C)(C)C. The van der Waals surface area contributed by atoms with Gasteiger partial charge in [0.15, 0.2) is 4.77 Å². The highest BCUT2D eigenvalue weighted by molar-refractivity contribution is 7.71. The zero-order valence-electron chi connectivity index (χ0n) is 13.0. The first-order chi connectivity index (χ1) is 8.96. The lowest BCUT2D eigenvalue weighted by Crippen LogP contribution is -2.24. The van der Waals surface area contributed by atoms with Gasteiger partial charge in [-0.05, 0) is 39.4 Å². The summed E-state index contributed by atoms with van der Waals surface area (Å²) < 4.78 is 2.89. The van der Waals surface area contributed by atoms with Crippen molar-refractivity contribution in [3.8, 4) is 0 Å². The number of nitrogens with one attached hydrogen (secondary N) is 1. The Bertz CT molecular complexity index is 412. The molecule has 0 atom stereocenters. The smallest absolute Gasteiger partial charge is 0.195 e. The molecule has 1 heterocycles. The molecule has 1 aromatic heterocycles. The second kappa shape index (κ2) is 7.83. The molecular formula is C15H29N3S. The van der Waals surface area contributed by atoms with E-state index in [9.17, 15) is 0 Å². The second-order valence-corrected chi connectivity index (χ2v) is 6.71. The van der Waals surface area contributed by atoms with Crippen LogP contribution in [0, 0.1) is 4.77 Å². The fourth-order valence-corrected chi connectivity index (χ4v) is 2.85. The number of aryl methyl sites for hydroxylation is 1. The van der Waals surface area contributed by atoms with Gasteiger partial charge in [-0.2, -0.15) is 5.10 Å². The predicted molar refractivity (Wildman–Crippen MR) is 84.1 cm³/mol. The van der Waals surface area contributed by atoms with E-state index in [1.54, 1.807) is 0 Å². The van der Waals surface area contributed by atoms with E-state index in [-0.39, 0.29) is 5.54 Å². The van der Waals surface area contributed by atoms with Crippen LogP contribution in [0.5, 0.6) is 0 Å². The van der Waals surface area contributed by atoms with Crippen molar-refractivity contribution >= 4 is 12.2 Å². The van der Waals surface area contributed by atoms with Crippen LogP contribution in [0.1, 0.15) is 78.5 Å². The summed E-state index contributed by atoms with van der Waals surface area (Å²) in [5, 5.41) is 7.30. The molecule has 19 heavy (non-hydrogen) atoms. The van der Waals surface area contributed by atoms with E-state index < -0.39 is 0 Å². The summed E-state index contributed by atoms with van der Waals surface area (Å²) in [6.45, 7) is 8.78. The molecule has 3 nitrogen and oxygen atoms in total. The first kappa shape index (κ1) is 16.4. The van der Waals surface area contributed by atoms with Gasteiger partial charge in [0.1, 0.15) is 5.82 Å². The normalized spacial score (nSPS) is 12.0. The molecule has 0 saturated carbocycles. The Labute approximate surface area is 122 Å². The lowest BCUT2D eigenvalue weighted by atomic mass is 10.1. The average molecular weight is 283 g/mol. The van der Waals surface area contributed by atoms with Gasteiger partial charge in [-0.1, -0.05) is 45.4 Å². The quantitative estimate of drug-likeness (QED) is 0.538. The summed E-state index contributed by atoms with van der Waals surface area (Å²) in [5.41, 5.74) is 0.0144. The van der Waals surface area contributed by atoms with Gasteiger partial charge >= 0.3 is 0 Å². The van der Waals surface area contributed by atoms with Crippen LogP contribution in [-0.2, 0) is 12.0 Å². The standard InChI is InChI=1S/C15H29N3S/c1-5-6-7-8-9-10-11-12-13-16-17-14(19)18(13)15(2,3)4/h5-12H2,1-4H3,(H,17,19). The fraction of sp³-hybridized carbons (Fsp3) is 0.867. The molecule has 0 aliphatic heterocycles. The van der Waals surface area contributed by atoms with Gasteiger partial charge in [-0.15, -0.1) is 0 Å². The van der Waals surface area contributed by atoms with Crippen molar-refractivity contribution in [2.75, 3.05) is 0 Å². The van der Waals surface area contributed by atoms with E-state index in [1.807, 2.05) is 0 Å². The molecule has 4 heteroatoms. The Hall–Kier alpha value is -0.640. The average Bonchev–Trinajstić information content (AvgIpc) is 2.69. The third-order valence-electron chi connectivity index (χ3n) is 3.42. The van der Waals surface area contributed by atoms with Gasteiger partial charge in [0.2, 0.25) is 0 Å². The summed E-state index contributed by atoms with van der Waals surface area (Å²) in [4.78, 5) is 0. The molecule has 1 N–H and O–H groups in total. The van der Waals surface area contributed by atoms with Crippen LogP contribution in [-0.4, -0.2) is 14.8 Å². The van der Waals surface area contributed by atoms with Crippen LogP contribution in [0.25, 0.3) is 0 Å². The minimum atomic E-state index is 0.0144. The van der Waals surface area contributed by atoms with Crippen molar-refractivity contribution in [1.82, 2.24) is 14.8 Å². The number of unbranched alkanes of at least 4 members (excludes halogenated alkanes) is 6. The molecule has 0 aromatic carbocycles. The van der Waals surface area contributed by atoms with Crippen molar-refractivity contribution in [2.45, 2.75) is 84.6 Å². The van der Waals surface area contributed by atoms with Crippen molar-refractivity contribution in [3.05, 3.63) is 10.6 Å². The largest absolute Gasteiger partial charge is 0.299 e. The lowest BCUT2D eigenvalue weighted by Gasteiger charge is -2.22. The number of rotatable bonds is 8. The molecule has 0 saturated heterocycles. The summed E-state index contributed by atoms with van der Waals surface area (Å²) in [5.74, 6) is 1.10. The highest BCUT2D eigenvalue weighted by atomic mass is 32.1. The maximum Gasteiger partial charge on any atom is 0.195 e. The Morgan fingerprint density at radius 2 is 1.63 bits per heavy atom. The van der Waals surface area contributed by atoms with Crippen LogP contribution < -0.4 is 0 Å². The maximum absolute atomic E-state index is 5.32. The van der Waals surface area contributed by atoms with Crippen LogP contribution in [0.4, 0.5) is 0 Å². The highest BCUT2D eigenvalue weighted by Crippen LogP contribution is 2.18. The number of hydrogen-bond acceptors (Lipinski definition) is 2. The van der Waals surface area contributed by atoms with Crippen molar-refractivity contribution < 1.29 is 0 Å². The topological polar surface area (TPSA) is 33.6 Å². The minimum absolute atomic E-state index is 0.0144. The van der Waals surface area contributed by atoms with Crippen LogP contribution >= 0.6 is 12.2 Å². The first-order valence-electron chi connectivity index (χ1n) is 7.63. The molecule has 0 aliphatic carbocycles. The summed E-state index contributed by atoms with van der Waals surface area (Å²) in [6, 6.07) is 0. The fourth-order valence-electron chi connectivity index (χ4n) is 2.43. The van der Waals surface area contributed by atoms with Crippen LogP contribution in [0.3, 0.4) is 0 Å². The van der Waals surface area contributed by atoms with Gasteiger partial charge in [0.25, 0.3) is 0 Å². The molecule has 0 bridgehead atoms. The number of aromatic amines is 1. The van der Waals surface area contributed by atoms with Gasteiger partial charge in [-0.25, -0.2) is 0 Å². The molecule has 0 unspecified atom stereocenters. The molecule has 1 rings (SSSR count). The van der Waals surface area contributed by atoms with Gasteiger partial charge < -0.3 is 0 Å². The van der Waals surface area contributed by atoms with E-state index in [0.717, 1.165) is 17.0 Å². The summed E-state index contributed by atoms with van der Waals surface area (Å²) in [7, 11) is 0. The number of nitrogens with zero attached hydrogens (tertiary/aromatic N) is 2. The van der Waals surface area contributed by atoms with Crippen LogP contribution in [0.15, 0.2) is 0 Å². The Morgan fingerprint density at radius 1 is 1.05 bits per heavy atom. The third kappa shape index (κ3) is 5.47. The number of H-pyrrole nitrogens is 1. The van der Waals surface area contributed by atoms with E-state index in [2.05, 4.69) is 42.5 Å². The number of hydrogen-bond donors (Lipinski definition) is 1. The highest BCUT2D eigenvalue weighted by Gasteiger charge is 2.18. The van der Waals surface area contributed by atoms with E-state index in [4.69, 9.17) is 12.2 Å². The molecule has 0 amide bonds. The summed E-state index contributed by atoms with van der Waals surface area (Å²) >= 11 is 5.32. The summed E-state index contributed by atoms with van der Waals surface area (Å²) in [6.07, 6.45) is 10.3. The molecule has 0 spiro atoms. The zero-order valence-corrected chi connectivity index (χ0v) is 13.8. The monoisotopic (exact) mass is 283 g/mol. The first-order valence-corrected chi connectivity index (χ1v) is 8.04.